The van der Waals surface area contributed by atoms with Crippen LogP contribution in [0, 0.1) is 11.8 Å². The fourth-order valence-electron chi connectivity index (χ4n) is 9.02. The second-order valence-electron chi connectivity index (χ2n) is 21.0. The average Bonchev–Trinajstić information content (AvgIpc) is 3.29. The molecule has 0 N–H and O–H groups in total. The Morgan fingerprint density at radius 1 is 0.323 bits per heavy atom. The van der Waals surface area contributed by atoms with Gasteiger partial charge in [-0.3, -0.25) is 14.4 Å². The van der Waals surface area contributed by atoms with Gasteiger partial charge in [0.1, 0.15) is 13.2 Å². The highest BCUT2D eigenvalue weighted by Crippen LogP contribution is 2.19. The molecule has 0 aromatic carbocycles. The van der Waals surface area contributed by atoms with Crippen molar-refractivity contribution in [2.45, 2.75) is 336 Å². The third-order valence-corrected chi connectivity index (χ3v) is 13.8. The van der Waals surface area contributed by atoms with Gasteiger partial charge in [0.15, 0.2) is 6.10 Å². The highest BCUT2D eigenvalue weighted by molar-refractivity contribution is 5.71. The van der Waals surface area contributed by atoms with E-state index in [0.29, 0.717) is 19.3 Å². The van der Waals surface area contributed by atoms with Gasteiger partial charge in [0.05, 0.1) is 0 Å². The van der Waals surface area contributed by atoms with Crippen molar-refractivity contribution in [3.63, 3.8) is 0 Å². The first kappa shape index (κ1) is 63.4. The maximum absolute atomic E-state index is 12.8. The van der Waals surface area contributed by atoms with Crippen LogP contribution in [0.1, 0.15) is 330 Å². The lowest BCUT2D eigenvalue weighted by Crippen LogP contribution is -2.30. The predicted octanol–water partition coefficient (Wildman–Crippen LogP) is 19.3. The molecule has 0 aromatic rings. The largest absolute Gasteiger partial charge is 0.462 e. The predicted molar refractivity (Wildman–Crippen MR) is 280 cm³/mol. The lowest BCUT2D eigenvalue weighted by Gasteiger charge is -2.18. The monoisotopic (exact) mass is 919 g/mol. The van der Waals surface area contributed by atoms with Crippen LogP contribution in [-0.4, -0.2) is 37.2 Å². The Morgan fingerprint density at radius 3 is 0.877 bits per heavy atom. The van der Waals surface area contributed by atoms with E-state index < -0.39 is 6.10 Å². The zero-order valence-electron chi connectivity index (χ0n) is 44.6. The number of carbonyl (C=O) groups is 3. The van der Waals surface area contributed by atoms with Crippen LogP contribution in [0.15, 0.2) is 0 Å². The molecule has 0 radical (unpaired) electrons. The van der Waals surface area contributed by atoms with Crippen LogP contribution >= 0.6 is 0 Å². The summed E-state index contributed by atoms with van der Waals surface area (Å²) in [7, 11) is 0. The fourth-order valence-corrected chi connectivity index (χ4v) is 9.02. The van der Waals surface area contributed by atoms with E-state index in [1.165, 1.54) is 218 Å². The standard InChI is InChI=1S/C59H114O6/c1-6-8-9-10-11-12-13-14-15-16-17-18-19-23-29-34-39-44-49-57(60)63-52-56(65-59(62)51-46-41-36-31-26-25-28-33-38-43-48-55(5)7-2)53-64-58(61)50-45-40-35-30-24-21-20-22-27-32-37-42-47-54(3)4/h54-56H,6-53H2,1-5H3/t55?,56-/m0/s1. The van der Waals surface area contributed by atoms with Crippen molar-refractivity contribution in [2.24, 2.45) is 11.8 Å². The second kappa shape index (κ2) is 51.8. The third-order valence-electron chi connectivity index (χ3n) is 13.8. The van der Waals surface area contributed by atoms with Gasteiger partial charge in [-0.05, 0) is 31.1 Å². The van der Waals surface area contributed by atoms with Crippen molar-refractivity contribution < 1.29 is 28.6 Å². The maximum Gasteiger partial charge on any atom is 0.306 e. The highest BCUT2D eigenvalue weighted by Gasteiger charge is 2.19. The van der Waals surface area contributed by atoms with Crippen LogP contribution in [0.2, 0.25) is 0 Å². The van der Waals surface area contributed by atoms with Crippen molar-refractivity contribution in [1.29, 1.82) is 0 Å². The van der Waals surface area contributed by atoms with Crippen LogP contribution in [0.4, 0.5) is 0 Å². The second-order valence-corrected chi connectivity index (χ2v) is 21.0. The molecule has 0 fully saturated rings. The van der Waals surface area contributed by atoms with Gasteiger partial charge in [0.25, 0.3) is 0 Å². The number of ether oxygens (including phenoxy) is 3. The molecule has 6 nitrogen and oxygen atoms in total. The van der Waals surface area contributed by atoms with Gasteiger partial charge in [-0.1, -0.05) is 291 Å². The Balaban J connectivity index is 4.29. The van der Waals surface area contributed by atoms with Gasteiger partial charge < -0.3 is 14.2 Å². The first-order valence-corrected chi connectivity index (χ1v) is 29.3. The van der Waals surface area contributed by atoms with E-state index in [9.17, 15) is 14.4 Å². The Bertz CT molecular complexity index is 995. The number of rotatable bonds is 53. The zero-order valence-corrected chi connectivity index (χ0v) is 44.6. The molecule has 0 saturated heterocycles. The SMILES string of the molecule is CCCCCCCCCCCCCCCCCCCCC(=O)OC[C@@H](COC(=O)CCCCCCCCCCCCCCC(C)C)OC(=O)CCCCCCCCCCCCC(C)CC. The summed E-state index contributed by atoms with van der Waals surface area (Å²) in [5, 5.41) is 0. The van der Waals surface area contributed by atoms with Gasteiger partial charge in [0, 0.05) is 19.3 Å². The lowest BCUT2D eigenvalue weighted by molar-refractivity contribution is -0.167. The average molecular weight is 920 g/mol. The van der Waals surface area contributed by atoms with Crippen molar-refractivity contribution in [3.05, 3.63) is 0 Å². The molecule has 6 heteroatoms. The number of unbranched alkanes of at least 4 members (excludes halogenated alkanes) is 37. The van der Waals surface area contributed by atoms with Crippen LogP contribution in [0.5, 0.6) is 0 Å². The highest BCUT2D eigenvalue weighted by atomic mass is 16.6. The lowest BCUT2D eigenvalue weighted by atomic mass is 9.99. The summed E-state index contributed by atoms with van der Waals surface area (Å²) in [5.74, 6) is 0.861. The molecule has 0 aliphatic carbocycles. The molecule has 0 spiro atoms. The molecule has 0 heterocycles. The molecule has 386 valence electrons. The van der Waals surface area contributed by atoms with Crippen molar-refractivity contribution in [2.75, 3.05) is 13.2 Å². The van der Waals surface area contributed by atoms with E-state index in [1.54, 1.807) is 0 Å². The van der Waals surface area contributed by atoms with Crippen molar-refractivity contribution in [1.82, 2.24) is 0 Å². The molecular formula is C59H114O6. The number of esters is 3. The summed E-state index contributed by atoms with van der Waals surface area (Å²) in [4.78, 5) is 38.2. The zero-order chi connectivity index (χ0) is 47.5. The smallest absolute Gasteiger partial charge is 0.306 e. The van der Waals surface area contributed by atoms with E-state index >= 15 is 0 Å². The molecule has 0 aliphatic heterocycles. The molecule has 0 aromatic heterocycles. The molecule has 1 unspecified atom stereocenters. The Morgan fingerprint density at radius 2 is 0.585 bits per heavy atom. The number of carbonyl (C=O) groups excluding carboxylic acids is 3. The topological polar surface area (TPSA) is 78.9 Å². The Labute approximate surface area is 406 Å². The molecule has 65 heavy (non-hydrogen) atoms. The quantitative estimate of drug-likeness (QED) is 0.0344. The van der Waals surface area contributed by atoms with Gasteiger partial charge in [-0.25, -0.2) is 0 Å². The maximum atomic E-state index is 12.8. The molecule has 0 saturated carbocycles. The fraction of sp³-hybridized carbons (Fsp3) is 0.949. The molecule has 0 bridgehead atoms. The first-order chi connectivity index (χ1) is 31.8. The van der Waals surface area contributed by atoms with Crippen molar-refractivity contribution in [3.8, 4) is 0 Å². The van der Waals surface area contributed by atoms with Crippen LogP contribution in [0.3, 0.4) is 0 Å². The van der Waals surface area contributed by atoms with E-state index in [-0.39, 0.29) is 31.1 Å². The van der Waals surface area contributed by atoms with Crippen LogP contribution in [-0.2, 0) is 28.6 Å². The molecule has 2 atom stereocenters. The summed E-state index contributed by atoms with van der Waals surface area (Å²) in [6, 6.07) is 0. The minimum Gasteiger partial charge on any atom is -0.462 e. The molecule has 0 amide bonds. The van der Waals surface area contributed by atoms with Gasteiger partial charge in [-0.2, -0.15) is 0 Å². The number of hydrogen-bond acceptors (Lipinski definition) is 6. The van der Waals surface area contributed by atoms with E-state index in [4.69, 9.17) is 14.2 Å². The molecule has 0 aliphatic rings. The van der Waals surface area contributed by atoms with Crippen molar-refractivity contribution >= 4 is 17.9 Å². The third kappa shape index (κ3) is 51.6. The summed E-state index contributed by atoms with van der Waals surface area (Å²) in [6.07, 6.45) is 55.2. The normalized spacial score (nSPS) is 12.5. The van der Waals surface area contributed by atoms with Gasteiger partial charge >= 0.3 is 17.9 Å². The van der Waals surface area contributed by atoms with Gasteiger partial charge in [0.2, 0.25) is 0 Å². The molecule has 0 rings (SSSR count). The van der Waals surface area contributed by atoms with Gasteiger partial charge in [-0.15, -0.1) is 0 Å². The summed E-state index contributed by atoms with van der Waals surface area (Å²) >= 11 is 0. The number of hydrogen-bond donors (Lipinski definition) is 0. The van der Waals surface area contributed by atoms with E-state index in [2.05, 4.69) is 34.6 Å². The van der Waals surface area contributed by atoms with Crippen LogP contribution in [0.25, 0.3) is 0 Å². The first-order valence-electron chi connectivity index (χ1n) is 29.3. The summed E-state index contributed by atoms with van der Waals surface area (Å²) in [6.45, 7) is 11.4. The molecular weight excluding hydrogens is 805 g/mol. The summed E-state index contributed by atoms with van der Waals surface area (Å²) in [5.41, 5.74) is 0. The summed E-state index contributed by atoms with van der Waals surface area (Å²) < 4.78 is 16.9. The van der Waals surface area contributed by atoms with Crippen LogP contribution < -0.4 is 0 Å². The Kier molecular flexibility index (Phi) is 50.5. The minimum atomic E-state index is -0.763. The van der Waals surface area contributed by atoms with E-state index in [1.807, 2.05) is 0 Å². The van der Waals surface area contributed by atoms with E-state index in [0.717, 1.165) is 69.6 Å². The minimum absolute atomic E-state index is 0.0628. The Hall–Kier alpha value is -1.59.